The van der Waals surface area contributed by atoms with Gasteiger partial charge in [-0.1, -0.05) is 60.4 Å². The van der Waals surface area contributed by atoms with Gasteiger partial charge in [-0.25, -0.2) is 40.0 Å². The number of nitro benzene ring substituents is 2. The highest BCUT2D eigenvalue weighted by atomic mass is 19.2. The highest BCUT2D eigenvalue weighted by molar-refractivity contribution is 6.11. The molecule has 0 radical (unpaired) electrons. The van der Waals surface area contributed by atoms with Crippen LogP contribution in [0.4, 0.5) is 64.1 Å². The molecule has 1 aliphatic carbocycles. The van der Waals surface area contributed by atoms with Crippen molar-refractivity contribution in [2.24, 2.45) is 0 Å². The Morgan fingerprint density at radius 1 is 0.500 bits per heavy atom. The van der Waals surface area contributed by atoms with Crippen LogP contribution in [0.2, 0.25) is 0 Å². The van der Waals surface area contributed by atoms with E-state index in [-0.39, 0.29) is 0 Å². The van der Waals surface area contributed by atoms with Gasteiger partial charge in [-0.3, -0.25) is 20.2 Å². The number of nitriles is 3. The van der Waals surface area contributed by atoms with Crippen molar-refractivity contribution in [1.82, 2.24) is 0 Å². The number of benzene rings is 6. The summed E-state index contributed by atoms with van der Waals surface area (Å²) in [6.45, 7) is 8.22. The number of rotatable bonds is 8. The summed E-state index contributed by atoms with van der Waals surface area (Å²) in [6.07, 6.45) is 0. The van der Waals surface area contributed by atoms with E-state index in [9.17, 15) is 30.8 Å². The predicted molar refractivity (Wildman–Crippen MR) is 212 cm³/mol. The first-order chi connectivity index (χ1) is 37.3. The quantitative estimate of drug-likeness (QED) is 0.0366. The molecule has 1 fully saturated rings. The van der Waals surface area contributed by atoms with E-state index in [1.165, 1.54) is 12.1 Å². The minimum absolute atomic E-state index is 0.803. The van der Waals surface area contributed by atoms with Gasteiger partial charge in [0, 0.05) is 0 Å². The fraction of sp³-hybridized carbons (Fsp3) is 0. The molecule has 1 saturated carbocycles. The van der Waals surface area contributed by atoms with Crippen LogP contribution in [0.25, 0.3) is 55.1 Å². The van der Waals surface area contributed by atoms with Gasteiger partial charge in [0.1, 0.15) is 23.8 Å². The van der Waals surface area contributed by atoms with Crippen LogP contribution < -0.4 is 0 Å². The molecule has 0 saturated heterocycles. The number of nitro groups is 2. The Kier molecular flexibility index (Phi) is 8.47. The highest BCUT2D eigenvalue weighted by Crippen LogP contribution is 2.57. The van der Waals surface area contributed by atoms with Crippen molar-refractivity contribution in [3.63, 3.8) is 0 Å². The second-order valence-electron chi connectivity index (χ2n) is 12.9. The van der Waals surface area contributed by atoms with E-state index in [1.54, 1.807) is 0 Å². The summed E-state index contributed by atoms with van der Waals surface area (Å²) in [7, 11) is 0. The Labute approximate surface area is 387 Å². The monoisotopic (exact) mass is 952 g/mol. The lowest BCUT2D eigenvalue weighted by Gasteiger charge is -2.10. The fourth-order valence-electron chi connectivity index (χ4n) is 6.36. The standard InChI is InChI=1S/C46H12F12N6O4/c1-62-44(22-10-4-9-21(13-22)26-34(49)32(47)25(16-61)33(48)35(26)50)31-29(23(14-59)17-5-2-7-19(11-17)27-36(51)40(55)45(63(65)66)41(56)37(27)52)30(31)24(15-60)18-6-3-8-20(12-18)28-38(53)42(57)46(64(67)68)43(58)39(28)54/h2-13H/b29-23-,30-24+,44-31?/i2D,3D,4D,5D,6D,7D,8D,9D,10D,11D,12D,13D. The number of halogens is 12. The zero-order valence-electron chi connectivity index (χ0n) is 43.9. The largest absolute Gasteiger partial charge is 0.346 e. The smallest absolute Gasteiger partial charge is 0.258 e. The fourth-order valence-corrected chi connectivity index (χ4v) is 6.36. The first kappa shape index (κ1) is 33.0. The summed E-state index contributed by atoms with van der Waals surface area (Å²) < 4.78 is 289. The SMILES string of the molecule is [2H]c1c([2H])c(C([N+]#[C-])=C2C(=C(\C#N)c3c([2H])c([2H])c([2H])c(-c4c(F)c(F)c([N+](=O)[O-])c(F)c4F)c3[2H])/C2=C(\C#N)c2c([2H])c([2H])c([2H])c(-c3c(F)c(F)c([N+](=O)[O-])c(F)c3F)c2[2H])c([2H])c(-c2c(F)c(F)c(C#N)c(F)c2F)c1[2H]. The van der Waals surface area contributed by atoms with Gasteiger partial charge < -0.3 is 0 Å². The van der Waals surface area contributed by atoms with Crippen molar-refractivity contribution >= 4 is 28.2 Å². The lowest BCUT2D eigenvalue weighted by molar-refractivity contribution is -0.390. The second kappa shape index (κ2) is 17.4. The molecule has 0 amide bonds. The molecule has 68 heavy (non-hydrogen) atoms. The Morgan fingerprint density at radius 3 is 1.10 bits per heavy atom. The minimum atomic E-state index is -2.79. The summed E-state index contributed by atoms with van der Waals surface area (Å²) in [5, 5.41) is 53.6. The molecule has 6 aromatic carbocycles. The zero-order chi connectivity index (χ0) is 60.2. The summed E-state index contributed by atoms with van der Waals surface area (Å²) >= 11 is 0. The molecule has 1 aliphatic rings. The van der Waals surface area contributed by atoms with E-state index in [1.807, 2.05) is 0 Å². The highest BCUT2D eigenvalue weighted by Gasteiger charge is 2.42. The van der Waals surface area contributed by atoms with Crippen LogP contribution in [0, 0.1) is 131 Å². The maximum absolute atomic E-state index is 15.7. The molecule has 0 N–H and O–H groups in total. The number of allylic oxidation sites excluding steroid dienone is 5. The average Bonchev–Trinajstić information content (AvgIpc) is 4.12. The minimum Gasteiger partial charge on any atom is -0.258 e. The van der Waals surface area contributed by atoms with Gasteiger partial charge in [0.25, 0.3) is 0 Å². The van der Waals surface area contributed by atoms with E-state index in [2.05, 4.69) is 4.85 Å². The molecule has 7 rings (SSSR count). The van der Waals surface area contributed by atoms with Gasteiger partial charge >= 0.3 is 11.4 Å². The van der Waals surface area contributed by atoms with Gasteiger partial charge in [-0.15, -0.1) is 0 Å². The van der Waals surface area contributed by atoms with Crippen molar-refractivity contribution in [2.75, 3.05) is 0 Å². The molecular formula is C46H12F12N6O4. The molecule has 0 aliphatic heterocycles. The lowest BCUT2D eigenvalue weighted by atomic mass is 9.96. The zero-order valence-corrected chi connectivity index (χ0v) is 31.9. The van der Waals surface area contributed by atoms with Crippen molar-refractivity contribution in [3.8, 4) is 51.6 Å². The normalized spacial score (nSPS) is 16.5. The van der Waals surface area contributed by atoms with Crippen molar-refractivity contribution < 1.29 is 79.0 Å². The number of hydrogen-bond donors (Lipinski definition) is 0. The third kappa shape index (κ3) is 7.28. The van der Waals surface area contributed by atoms with Crippen molar-refractivity contribution in [3.05, 3.63) is 213 Å². The Morgan fingerprint density at radius 2 is 0.809 bits per heavy atom. The van der Waals surface area contributed by atoms with Crippen molar-refractivity contribution in [2.45, 2.75) is 0 Å². The molecule has 6 aromatic rings. The van der Waals surface area contributed by atoms with E-state index in [4.69, 9.17) is 28.3 Å². The van der Waals surface area contributed by atoms with E-state index in [0.29, 0.717) is 0 Å². The van der Waals surface area contributed by atoms with Gasteiger partial charge in [0.15, 0.2) is 46.5 Å². The summed E-state index contributed by atoms with van der Waals surface area (Å²) in [6, 6.07) is -16.7. The van der Waals surface area contributed by atoms with E-state index < -0.39 is 253 Å². The predicted octanol–water partition coefficient (Wildman–Crippen LogP) is 12.6. The Bertz CT molecular complexity index is 4050. The van der Waals surface area contributed by atoms with Gasteiger partial charge in [0.05, 0.1) is 60.7 Å². The van der Waals surface area contributed by atoms with Crippen LogP contribution in [0.3, 0.4) is 0 Å². The van der Waals surface area contributed by atoms with Crippen LogP contribution >= 0.6 is 0 Å². The third-order valence-electron chi connectivity index (χ3n) is 9.34. The van der Waals surface area contributed by atoms with Crippen LogP contribution in [-0.2, 0) is 0 Å². The van der Waals surface area contributed by atoms with E-state index in [0.717, 1.165) is 6.07 Å². The molecular weight excluding hydrogens is 929 g/mol. The third-order valence-corrected chi connectivity index (χ3v) is 9.34. The Balaban J connectivity index is 1.77. The molecule has 334 valence electrons. The van der Waals surface area contributed by atoms with Crippen LogP contribution in [-0.4, -0.2) is 9.85 Å². The Hall–Kier alpha value is -9.54. The summed E-state index contributed by atoms with van der Waals surface area (Å²) in [4.78, 5) is 21.9. The van der Waals surface area contributed by atoms with E-state index >= 15 is 52.7 Å². The van der Waals surface area contributed by atoms with Gasteiger partial charge in [-0.05, 0) is 62.2 Å². The molecule has 0 bridgehead atoms. The summed E-state index contributed by atoms with van der Waals surface area (Å²) in [5.41, 5.74) is -31.8. The van der Waals surface area contributed by atoms with Crippen molar-refractivity contribution in [1.29, 1.82) is 15.8 Å². The van der Waals surface area contributed by atoms with Gasteiger partial charge in [-0.2, -0.15) is 33.3 Å². The second-order valence-corrected chi connectivity index (χ2v) is 12.9. The lowest BCUT2D eigenvalue weighted by Crippen LogP contribution is -2.06. The first-order valence-corrected chi connectivity index (χ1v) is 17.3. The average molecular weight is 953 g/mol. The van der Waals surface area contributed by atoms with Crippen LogP contribution in [0.15, 0.2) is 89.2 Å². The molecule has 0 aromatic heterocycles. The van der Waals surface area contributed by atoms with Crippen LogP contribution in [0.5, 0.6) is 0 Å². The molecule has 0 atom stereocenters. The topological polar surface area (TPSA) is 162 Å². The maximum Gasteiger partial charge on any atom is 0.346 e. The number of nitrogens with zero attached hydrogens (tertiary/aromatic N) is 6. The number of hydrogen-bond acceptors (Lipinski definition) is 7. The molecule has 0 heterocycles. The summed E-state index contributed by atoms with van der Waals surface area (Å²) in [5.74, 6) is -32.1. The van der Waals surface area contributed by atoms with Crippen LogP contribution in [0.1, 0.15) is 38.7 Å². The molecule has 0 spiro atoms. The maximum atomic E-state index is 15.7. The molecule has 22 heteroatoms. The van der Waals surface area contributed by atoms with Gasteiger partial charge in [0.2, 0.25) is 29.0 Å². The molecule has 10 nitrogen and oxygen atoms in total. The first-order valence-electron chi connectivity index (χ1n) is 23.3. The molecule has 0 unspecified atom stereocenters.